The molecule has 0 spiro atoms. The fourth-order valence-corrected chi connectivity index (χ4v) is 3.76. The SMILES string of the molecule is CCCCCCCCCCCCCCCCCCn1cnc(C(=O)OCC)c1N. The van der Waals surface area contributed by atoms with Gasteiger partial charge in [-0.3, -0.25) is 0 Å². The largest absolute Gasteiger partial charge is 0.461 e. The summed E-state index contributed by atoms with van der Waals surface area (Å²) in [4.78, 5) is 15.8. The van der Waals surface area contributed by atoms with Crippen LogP contribution in [0.25, 0.3) is 0 Å². The number of ether oxygens (including phenoxy) is 1. The van der Waals surface area contributed by atoms with E-state index < -0.39 is 5.97 Å². The summed E-state index contributed by atoms with van der Waals surface area (Å²) in [5, 5.41) is 0. The van der Waals surface area contributed by atoms with E-state index in [0.29, 0.717) is 12.4 Å². The summed E-state index contributed by atoms with van der Waals surface area (Å²) in [6.07, 6.45) is 23.4. The standard InChI is InChI=1S/C24H45N3O2/c1-3-5-6-7-8-9-10-11-12-13-14-15-16-17-18-19-20-27-21-26-22(23(27)25)24(28)29-4-2/h21H,3-20,25H2,1-2H3. The van der Waals surface area contributed by atoms with Crippen molar-refractivity contribution in [1.29, 1.82) is 0 Å². The lowest BCUT2D eigenvalue weighted by Gasteiger charge is -2.06. The lowest BCUT2D eigenvalue weighted by atomic mass is 10.0. The van der Waals surface area contributed by atoms with Gasteiger partial charge in [0, 0.05) is 6.54 Å². The lowest BCUT2D eigenvalue weighted by molar-refractivity contribution is 0.0521. The topological polar surface area (TPSA) is 70.1 Å². The van der Waals surface area contributed by atoms with Crippen LogP contribution in [0.3, 0.4) is 0 Å². The van der Waals surface area contributed by atoms with Crippen molar-refractivity contribution in [2.75, 3.05) is 12.3 Å². The molecule has 2 N–H and O–H groups in total. The number of hydrogen-bond acceptors (Lipinski definition) is 4. The van der Waals surface area contributed by atoms with Crippen molar-refractivity contribution in [3.63, 3.8) is 0 Å². The second-order valence-corrected chi connectivity index (χ2v) is 8.20. The highest BCUT2D eigenvalue weighted by molar-refractivity contribution is 5.92. The molecule has 1 heterocycles. The van der Waals surface area contributed by atoms with E-state index in [1.54, 1.807) is 13.3 Å². The number of nitrogen functional groups attached to an aromatic ring is 1. The van der Waals surface area contributed by atoms with E-state index in [9.17, 15) is 4.79 Å². The van der Waals surface area contributed by atoms with Gasteiger partial charge < -0.3 is 15.0 Å². The van der Waals surface area contributed by atoms with Gasteiger partial charge in [0.15, 0.2) is 5.69 Å². The molecule has 0 atom stereocenters. The Morgan fingerprint density at radius 2 is 1.28 bits per heavy atom. The van der Waals surface area contributed by atoms with E-state index in [1.165, 1.54) is 96.3 Å². The van der Waals surface area contributed by atoms with Crippen molar-refractivity contribution in [3.8, 4) is 0 Å². The van der Waals surface area contributed by atoms with E-state index in [1.807, 2.05) is 4.57 Å². The van der Waals surface area contributed by atoms with Gasteiger partial charge in [0.2, 0.25) is 0 Å². The second-order valence-electron chi connectivity index (χ2n) is 8.20. The van der Waals surface area contributed by atoms with Gasteiger partial charge in [-0.15, -0.1) is 0 Å². The fraction of sp³-hybridized carbons (Fsp3) is 0.833. The van der Waals surface area contributed by atoms with Crippen LogP contribution >= 0.6 is 0 Å². The molecule has 0 unspecified atom stereocenters. The Morgan fingerprint density at radius 3 is 1.72 bits per heavy atom. The summed E-state index contributed by atoms with van der Waals surface area (Å²) in [5.74, 6) is -0.0138. The van der Waals surface area contributed by atoms with Gasteiger partial charge in [0.05, 0.1) is 12.9 Å². The predicted octanol–water partition coefficient (Wildman–Crippen LogP) is 6.90. The Labute approximate surface area is 178 Å². The first kappa shape index (κ1) is 25.5. The van der Waals surface area contributed by atoms with Gasteiger partial charge in [-0.25, -0.2) is 9.78 Å². The summed E-state index contributed by atoms with van der Waals surface area (Å²) in [6, 6.07) is 0. The molecule has 5 heteroatoms. The number of carbonyl (C=O) groups is 1. The number of nitrogens with two attached hydrogens (primary N) is 1. The van der Waals surface area contributed by atoms with E-state index >= 15 is 0 Å². The average molecular weight is 408 g/mol. The molecular weight excluding hydrogens is 362 g/mol. The van der Waals surface area contributed by atoms with Crippen molar-refractivity contribution >= 4 is 11.8 Å². The first-order valence-electron chi connectivity index (χ1n) is 12.2. The first-order valence-corrected chi connectivity index (χ1v) is 12.2. The molecule has 0 saturated carbocycles. The molecule has 29 heavy (non-hydrogen) atoms. The van der Waals surface area contributed by atoms with Crippen LogP contribution in [-0.2, 0) is 11.3 Å². The molecule has 0 amide bonds. The normalized spacial score (nSPS) is 11.1. The van der Waals surface area contributed by atoms with Gasteiger partial charge >= 0.3 is 5.97 Å². The zero-order chi connectivity index (χ0) is 21.2. The van der Waals surface area contributed by atoms with Crippen LogP contribution < -0.4 is 5.73 Å². The van der Waals surface area contributed by atoms with Crippen LogP contribution in [0.15, 0.2) is 6.33 Å². The van der Waals surface area contributed by atoms with Gasteiger partial charge in [-0.1, -0.05) is 103 Å². The third-order valence-corrected chi connectivity index (χ3v) is 5.60. The molecule has 0 fully saturated rings. The zero-order valence-electron chi connectivity index (χ0n) is 19.1. The summed E-state index contributed by atoms with van der Waals surface area (Å²) in [5.41, 5.74) is 6.24. The first-order chi connectivity index (χ1) is 14.2. The van der Waals surface area contributed by atoms with Crippen molar-refractivity contribution in [3.05, 3.63) is 12.0 Å². The maximum atomic E-state index is 11.7. The quantitative estimate of drug-likeness (QED) is 0.200. The molecule has 0 aliphatic carbocycles. The number of nitrogens with zero attached hydrogens (tertiary/aromatic N) is 2. The molecule has 0 aliphatic rings. The van der Waals surface area contributed by atoms with Gasteiger partial charge in [0.1, 0.15) is 5.82 Å². The minimum atomic E-state index is -0.435. The summed E-state index contributed by atoms with van der Waals surface area (Å²) in [7, 11) is 0. The molecular formula is C24H45N3O2. The van der Waals surface area contributed by atoms with Crippen LogP contribution in [0.1, 0.15) is 127 Å². The Hall–Kier alpha value is -1.52. The minimum absolute atomic E-state index is 0.239. The van der Waals surface area contributed by atoms with Crippen LogP contribution in [0.2, 0.25) is 0 Å². The molecule has 168 valence electrons. The average Bonchev–Trinajstić information content (AvgIpc) is 3.08. The highest BCUT2D eigenvalue weighted by Gasteiger charge is 2.16. The van der Waals surface area contributed by atoms with E-state index in [2.05, 4.69) is 11.9 Å². The zero-order valence-corrected chi connectivity index (χ0v) is 19.1. The van der Waals surface area contributed by atoms with Crippen molar-refractivity contribution < 1.29 is 9.53 Å². The number of rotatable bonds is 19. The summed E-state index contributed by atoms with van der Waals surface area (Å²) >= 11 is 0. The molecule has 0 aliphatic heterocycles. The smallest absolute Gasteiger partial charge is 0.360 e. The molecule has 0 aromatic carbocycles. The molecule has 1 aromatic rings. The van der Waals surface area contributed by atoms with Gasteiger partial charge in [-0.2, -0.15) is 0 Å². The highest BCUT2D eigenvalue weighted by Crippen LogP contribution is 2.15. The maximum Gasteiger partial charge on any atom is 0.360 e. The van der Waals surface area contributed by atoms with Gasteiger partial charge in [-0.05, 0) is 13.3 Å². The van der Waals surface area contributed by atoms with Gasteiger partial charge in [0.25, 0.3) is 0 Å². The summed E-state index contributed by atoms with van der Waals surface area (Å²) < 4.78 is 6.82. The molecule has 0 radical (unpaired) electrons. The Balaban J connectivity index is 1.90. The number of carbonyl (C=O) groups excluding carboxylic acids is 1. The van der Waals surface area contributed by atoms with E-state index in [0.717, 1.165) is 13.0 Å². The van der Waals surface area contributed by atoms with Crippen molar-refractivity contribution in [1.82, 2.24) is 9.55 Å². The Morgan fingerprint density at radius 1 is 0.828 bits per heavy atom. The maximum absolute atomic E-state index is 11.7. The van der Waals surface area contributed by atoms with Crippen LogP contribution in [0, 0.1) is 0 Å². The van der Waals surface area contributed by atoms with Crippen LogP contribution in [-0.4, -0.2) is 22.1 Å². The molecule has 0 saturated heterocycles. The van der Waals surface area contributed by atoms with Crippen molar-refractivity contribution in [2.45, 2.75) is 123 Å². The number of anilines is 1. The van der Waals surface area contributed by atoms with E-state index in [4.69, 9.17) is 10.5 Å². The Bertz CT molecular complexity index is 528. The number of unbranched alkanes of at least 4 members (excludes halogenated alkanes) is 15. The minimum Gasteiger partial charge on any atom is -0.461 e. The second kappa shape index (κ2) is 17.3. The van der Waals surface area contributed by atoms with Crippen LogP contribution in [0.4, 0.5) is 5.82 Å². The Kier molecular flexibility index (Phi) is 15.3. The van der Waals surface area contributed by atoms with Crippen molar-refractivity contribution in [2.24, 2.45) is 0 Å². The third-order valence-electron chi connectivity index (χ3n) is 5.60. The highest BCUT2D eigenvalue weighted by atomic mass is 16.5. The number of imidazole rings is 1. The molecule has 0 bridgehead atoms. The fourth-order valence-electron chi connectivity index (χ4n) is 3.76. The van der Waals surface area contributed by atoms with Crippen LogP contribution in [0.5, 0.6) is 0 Å². The number of hydrogen-bond donors (Lipinski definition) is 1. The molecule has 5 nitrogen and oxygen atoms in total. The lowest BCUT2D eigenvalue weighted by Crippen LogP contribution is -2.10. The number of aryl methyl sites for hydroxylation is 1. The third kappa shape index (κ3) is 11.9. The molecule has 1 rings (SSSR count). The summed E-state index contributed by atoms with van der Waals surface area (Å²) in [6.45, 7) is 5.21. The number of esters is 1. The van der Waals surface area contributed by atoms with E-state index in [-0.39, 0.29) is 5.69 Å². The monoisotopic (exact) mass is 407 g/mol. The molecule has 1 aromatic heterocycles. The number of aromatic nitrogens is 2. The predicted molar refractivity (Wildman–Crippen MR) is 122 cm³/mol.